The molecular formula is C21H19N3O3S. The molecule has 6 nitrogen and oxygen atoms in total. The number of carbonyl (C=O) groups excluding carboxylic acids is 1. The molecule has 0 aliphatic carbocycles. The molecule has 1 aromatic carbocycles. The van der Waals surface area contributed by atoms with Gasteiger partial charge >= 0.3 is 0 Å². The first-order chi connectivity index (χ1) is 13.6. The minimum atomic E-state index is -0.346. The molecule has 1 unspecified atom stereocenters. The molecule has 4 rings (SSSR count). The van der Waals surface area contributed by atoms with Gasteiger partial charge in [-0.2, -0.15) is 0 Å². The van der Waals surface area contributed by atoms with Crippen molar-refractivity contribution in [3.05, 3.63) is 66.6 Å². The van der Waals surface area contributed by atoms with Crippen molar-refractivity contribution in [1.29, 1.82) is 0 Å². The van der Waals surface area contributed by atoms with Gasteiger partial charge in [0.25, 0.3) is 0 Å². The number of anilines is 1. The molecule has 28 heavy (non-hydrogen) atoms. The topological polar surface area (TPSA) is 84.1 Å². The third kappa shape index (κ3) is 3.89. The van der Waals surface area contributed by atoms with Gasteiger partial charge < -0.3 is 19.1 Å². The standard InChI is InChI=1S/C21H19N3O3S/c1-13-7-9-15(10-8-13)22-20(25)14(2)28-21-23-18(16-5-3-11-26-16)19(24-21)17-6-4-12-27-17/h3-12,14H,1-2H3,(H,22,25)(H,23,24). The maximum absolute atomic E-state index is 12.5. The van der Waals surface area contributed by atoms with Gasteiger partial charge in [0, 0.05) is 5.69 Å². The largest absolute Gasteiger partial charge is 0.463 e. The Bertz CT molecular complexity index is 999. The zero-order valence-corrected chi connectivity index (χ0v) is 16.2. The number of hydrogen-bond acceptors (Lipinski definition) is 5. The second-order valence-electron chi connectivity index (χ2n) is 6.34. The summed E-state index contributed by atoms with van der Waals surface area (Å²) in [4.78, 5) is 20.4. The van der Waals surface area contributed by atoms with Gasteiger partial charge in [-0.3, -0.25) is 4.79 Å². The molecule has 1 atom stereocenters. The number of nitrogens with zero attached hydrogens (tertiary/aromatic N) is 1. The molecule has 2 N–H and O–H groups in total. The Hall–Kier alpha value is -3.19. The Morgan fingerprint density at radius 2 is 1.75 bits per heavy atom. The molecular weight excluding hydrogens is 374 g/mol. The molecule has 0 fully saturated rings. The highest BCUT2D eigenvalue weighted by atomic mass is 32.2. The highest BCUT2D eigenvalue weighted by molar-refractivity contribution is 8.00. The van der Waals surface area contributed by atoms with E-state index in [1.807, 2.05) is 56.3 Å². The van der Waals surface area contributed by atoms with Crippen molar-refractivity contribution in [2.24, 2.45) is 0 Å². The van der Waals surface area contributed by atoms with Gasteiger partial charge in [-0.1, -0.05) is 29.5 Å². The van der Waals surface area contributed by atoms with Crippen LogP contribution in [-0.2, 0) is 4.79 Å². The lowest BCUT2D eigenvalue weighted by Crippen LogP contribution is -2.22. The number of aromatic nitrogens is 2. The van der Waals surface area contributed by atoms with Gasteiger partial charge in [0.05, 0.1) is 17.8 Å². The van der Waals surface area contributed by atoms with Crippen LogP contribution in [0.5, 0.6) is 0 Å². The zero-order chi connectivity index (χ0) is 19.5. The fourth-order valence-electron chi connectivity index (χ4n) is 2.70. The number of H-pyrrole nitrogens is 1. The summed E-state index contributed by atoms with van der Waals surface area (Å²) in [6, 6.07) is 15.0. The van der Waals surface area contributed by atoms with Crippen LogP contribution in [0.4, 0.5) is 5.69 Å². The third-order valence-corrected chi connectivity index (χ3v) is 5.17. The molecule has 3 heterocycles. The summed E-state index contributed by atoms with van der Waals surface area (Å²) in [6.07, 6.45) is 3.20. The van der Waals surface area contributed by atoms with Crippen molar-refractivity contribution in [1.82, 2.24) is 9.97 Å². The summed E-state index contributed by atoms with van der Waals surface area (Å²) in [5.74, 6) is 1.19. The van der Waals surface area contributed by atoms with Gasteiger partial charge in [-0.25, -0.2) is 4.98 Å². The van der Waals surface area contributed by atoms with Crippen LogP contribution in [0.15, 0.2) is 75.0 Å². The van der Waals surface area contributed by atoms with E-state index in [0.717, 1.165) is 11.3 Å². The smallest absolute Gasteiger partial charge is 0.237 e. The molecule has 0 radical (unpaired) electrons. The van der Waals surface area contributed by atoms with E-state index in [1.54, 1.807) is 18.6 Å². The van der Waals surface area contributed by atoms with Crippen LogP contribution >= 0.6 is 11.8 Å². The van der Waals surface area contributed by atoms with E-state index in [2.05, 4.69) is 15.3 Å². The maximum atomic E-state index is 12.5. The van der Waals surface area contributed by atoms with E-state index >= 15 is 0 Å². The second-order valence-corrected chi connectivity index (χ2v) is 7.67. The number of carbonyl (C=O) groups is 1. The lowest BCUT2D eigenvalue weighted by molar-refractivity contribution is -0.115. The van der Waals surface area contributed by atoms with E-state index in [1.165, 1.54) is 11.8 Å². The van der Waals surface area contributed by atoms with Gasteiger partial charge in [-0.15, -0.1) is 0 Å². The van der Waals surface area contributed by atoms with E-state index < -0.39 is 0 Å². The van der Waals surface area contributed by atoms with Crippen LogP contribution in [0, 0.1) is 6.92 Å². The van der Waals surface area contributed by atoms with E-state index in [9.17, 15) is 4.79 Å². The van der Waals surface area contributed by atoms with Crippen molar-refractivity contribution < 1.29 is 13.6 Å². The molecule has 0 saturated carbocycles. The minimum absolute atomic E-state index is 0.0932. The molecule has 142 valence electrons. The number of rotatable bonds is 6. The summed E-state index contributed by atoms with van der Waals surface area (Å²) in [7, 11) is 0. The van der Waals surface area contributed by atoms with Gasteiger partial charge in [0.2, 0.25) is 5.91 Å². The van der Waals surface area contributed by atoms with Crippen molar-refractivity contribution in [2.75, 3.05) is 5.32 Å². The number of aromatic amines is 1. The van der Waals surface area contributed by atoms with Crippen LogP contribution in [-0.4, -0.2) is 21.1 Å². The molecule has 0 bridgehead atoms. The number of thioether (sulfide) groups is 1. The molecule has 0 saturated heterocycles. The molecule has 0 aliphatic heterocycles. The van der Waals surface area contributed by atoms with Crippen molar-refractivity contribution in [2.45, 2.75) is 24.3 Å². The highest BCUT2D eigenvalue weighted by Crippen LogP contribution is 2.34. The molecule has 0 aliphatic rings. The first-order valence-corrected chi connectivity index (χ1v) is 9.70. The first-order valence-electron chi connectivity index (χ1n) is 8.82. The van der Waals surface area contributed by atoms with Crippen LogP contribution in [0.2, 0.25) is 0 Å². The number of benzene rings is 1. The fraction of sp³-hybridized carbons (Fsp3) is 0.143. The minimum Gasteiger partial charge on any atom is -0.463 e. The van der Waals surface area contributed by atoms with E-state index in [0.29, 0.717) is 28.1 Å². The monoisotopic (exact) mass is 393 g/mol. The van der Waals surface area contributed by atoms with Gasteiger partial charge in [-0.05, 0) is 50.2 Å². The summed E-state index contributed by atoms with van der Waals surface area (Å²) < 4.78 is 11.0. The average Bonchev–Trinajstić information content (AvgIpc) is 3.44. The molecule has 4 aromatic rings. The number of hydrogen-bond donors (Lipinski definition) is 2. The zero-order valence-electron chi connectivity index (χ0n) is 15.4. The van der Waals surface area contributed by atoms with Gasteiger partial charge in [0.15, 0.2) is 16.7 Å². The Morgan fingerprint density at radius 1 is 1.07 bits per heavy atom. The maximum Gasteiger partial charge on any atom is 0.237 e. The lowest BCUT2D eigenvalue weighted by atomic mass is 10.2. The molecule has 1 amide bonds. The SMILES string of the molecule is Cc1ccc(NC(=O)C(C)Sc2nc(-c3ccco3)c(-c3ccco3)[nH]2)cc1. The average molecular weight is 393 g/mol. The normalized spacial score (nSPS) is 12.1. The van der Waals surface area contributed by atoms with Gasteiger partial charge in [0.1, 0.15) is 11.4 Å². The van der Waals surface area contributed by atoms with Crippen LogP contribution in [0.25, 0.3) is 22.9 Å². The Kier molecular flexibility index (Phi) is 5.08. The Morgan fingerprint density at radius 3 is 2.39 bits per heavy atom. The molecule has 3 aromatic heterocycles. The third-order valence-electron chi connectivity index (χ3n) is 4.18. The van der Waals surface area contributed by atoms with E-state index in [4.69, 9.17) is 8.83 Å². The Labute approximate surface area is 166 Å². The molecule has 7 heteroatoms. The van der Waals surface area contributed by atoms with Crippen molar-refractivity contribution >= 4 is 23.4 Å². The van der Waals surface area contributed by atoms with Crippen LogP contribution in [0.1, 0.15) is 12.5 Å². The second kappa shape index (κ2) is 7.82. The number of aryl methyl sites for hydroxylation is 1. The lowest BCUT2D eigenvalue weighted by Gasteiger charge is -2.10. The van der Waals surface area contributed by atoms with Crippen LogP contribution < -0.4 is 5.32 Å². The number of nitrogens with one attached hydrogen (secondary N) is 2. The predicted octanol–water partition coefficient (Wildman–Crippen LogP) is 5.36. The van der Waals surface area contributed by atoms with Crippen molar-refractivity contribution in [3.8, 4) is 22.9 Å². The number of amides is 1. The summed E-state index contributed by atoms with van der Waals surface area (Å²) >= 11 is 1.34. The van der Waals surface area contributed by atoms with E-state index in [-0.39, 0.29) is 11.2 Å². The highest BCUT2D eigenvalue weighted by Gasteiger charge is 2.22. The predicted molar refractivity (Wildman–Crippen MR) is 109 cm³/mol. The molecule has 0 spiro atoms. The van der Waals surface area contributed by atoms with Crippen molar-refractivity contribution in [3.63, 3.8) is 0 Å². The first kappa shape index (κ1) is 18.2. The summed E-state index contributed by atoms with van der Waals surface area (Å²) in [5, 5.41) is 3.20. The fourth-order valence-corrected chi connectivity index (χ4v) is 3.51. The summed E-state index contributed by atoms with van der Waals surface area (Å²) in [6.45, 7) is 3.85. The number of furan rings is 2. The number of imidazole rings is 1. The quantitative estimate of drug-likeness (QED) is 0.431. The summed E-state index contributed by atoms with van der Waals surface area (Å²) in [5.41, 5.74) is 3.28. The van der Waals surface area contributed by atoms with Crippen LogP contribution in [0.3, 0.4) is 0 Å². The Balaban J connectivity index is 1.53.